The molecule has 1 heterocycles. The fourth-order valence-electron chi connectivity index (χ4n) is 1.85. The molecule has 1 N–H and O–H groups in total. The normalized spacial score (nSPS) is 10.1. The van der Waals surface area contributed by atoms with Gasteiger partial charge in [-0.25, -0.2) is 9.97 Å². The smallest absolute Gasteiger partial charge is 0.142 e. The SMILES string of the molecule is CNc1cc(N(C)c2cc(C)ccc2OC)ncn1. The second kappa shape index (κ2) is 5.56. The van der Waals surface area contributed by atoms with Gasteiger partial charge in [0, 0.05) is 20.2 Å². The van der Waals surface area contributed by atoms with E-state index in [1.165, 1.54) is 5.56 Å². The van der Waals surface area contributed by atoms with E-state index in [0.29, 0.717) is 0 Å². The van der Waals surface area contributed by atoms with Gasteiger partial charge in [0.25, 0.3) is 0 Å². The highest BCUT2D eigenvalue weighted by Gasteiger charge is 2.12. The van der Waals surface area contributed by atoms with Crippen molar-refractivity contribution in [3.8, 4) is 5.75 Å². The van der Waals surface area contributed by atoms with Crippen molar-refractivity contribution in [2.75, 3.05) is 31.4 Å². The maximum absolute atomic E-state index is 5.40. The molecule has 0 bridgehead atoms. The Labute approximate surface area is 113 Å². The average molecular weight is 258 g/mol. The number of nitrogens with one attached hydrogen (secondary N) is 1. The fourth-order valence-corrected chi connectivity index (χ4v) is 1.85. The molecule has 1 aromatic carbocycles. The summed E-state index contributed by atoms with van der Waals surface area (Å²) in [4.78, 5) is 10.4. The summed E-state index contributed by atoms with van der Waals surface area (Å²) < 4.78 is 5.40. The van der Waals surface area contributed by atoms with E-state index in [4.69, 9.17) is 4.74 Å². The number of hydrogen-bond donors (Lipinski definition) is 1. The van der Waals surface area contributed by atoms with Crippen LogP contribution in [0, 0.1) is 6.92 Å². The van der Waals surface area contributed by atoms with E-state index in [9.17, 15) is 0 Å². The molecule has 0 aliphatic rings. The quantitative estimate of drug-likeness (QED) is 0.913. The molecule has 5 heteroatoms. The van der Waals surface area contributed by atoms with Crippen LogP contribution in [0.2, 0.25) is 0 Å². The zero-order valence-electron chi connectivity index (χ0n) is 11.6. The molecule has 0 saturated carbocycles. The number of hydrogen-bond acceptors (Lipinski definition) is 5. The highest BCUT2D eigenvalue weighted by molar-refractivity contribution is 5.68. The maximum Gasteiger partial charge on any atom is 0.142 e. The van der Waals surface area contributed by atoms with Crippen molar-refractivity contribution in [3.05, 3.63) is 36.2 Å². The van der Waals surface area contributed by atoms with Crippen molar-refractivity contribution in [1.29, 1.82) is 0 Å². The van der Waals surface area contributed by atoms with E-state index in [2.05, 4.69) is 28.3 Å². The van der Waals surface area contributed by atoms with Crippen LogP contribution >= 0.6 is 0 Å². The van der Waals surface area contributed by atoms with Crippen LogP contribution in [0.1, 0.15) is 5.56 Å². The summed E-state index contributed by atoms with van der Waals surface area (Å²) in [7, 11) is 5.46. The molecule has 2 aromatic rings. The van der Waals surface area contributed by atoms with Gasteiger partial charge in [0.15, 0.2) is 0 Å². The first-order valence-corrected chi connectivity index (χ1v) is 6.04. The summed E-state index contributed by atoms with van der Waals surface area (Å²) >= 11 is 0. The van der Waals surface area contributed by atoms with Crippen LogP contribution in [0.15, 0.2) is 30.6 Å². The third-order valence-corrected chi connectivity index (χ3v) is 2.95. The second-order valence-corrected chi connectivity index (χ2v) is 4.25. The minimum absolute atomic E-state index is 0.781. The van der Waals surface area contributed by atoms with Gasteiger partial charge in [-0.3, -0.25) is 0 Å². The van der Waals surface area contributed by atoms with Crippen LogP contribution in [0.3, 0.4) is 0 Å². The molecular weight excluding hydrogens is 240 g/mol. The van der Waals surface area contributed by atoms with E-state index in [0.717, 1.165) is 23.1 Å². The molecule has 0 aliphatic heterocycles. The largest absolute Gasteiger partial charge is 0.495 e. The lowest BCUT2D eigenvalue weighted by atomic mass is 10.2. The van der Waals surface area contributed by atoms with Crippen molar-refractivity contribution < 1.29 is 4.74 Å². The highest BCUT2D eigenvalue weighted by atomic mass is 16.5. The van der Waals surface area contributed by atoms with E-state index in [-0.39, 0.29) is 0 Å². The summed E-state index contributed by atoms with van der Waals surface area (Å²) in [5.41, 5.74) is 2.15. The predicted octanol–water partition coefficient (Wildman–Crippen LogP) is 2.60. The molecule has 100 valence electrons. The van der Waals surface area contributed by atoms with Crippen LogP contribution in [0.5, 0.6) is 5.75 Å². The van der Waals surface area contributed by atoms with Gasteiger partial charge in [0.2, 0.25) is 0 Å². The van der Waals surface area contributed by atoms with Crippen molar-refractivity contribution >= 4 is 17.3 Å². The summed E-state index contributed by atoms with van der Waals surface area (Å²) in [5, 5.41) is 3.00. The van der Waals surface area contributed by atoms with Crippen LogP contribution in [-0.2, 0) is 0 Å². The number of ether oxygens (including phenoxy) is 1. The number of nitrogens with zero attached hydrogens (tertiary/aromatic N) is 3. The number of anilines is 3. The first-order chi connectivity index (χ1) is 9.15. The van der Waals surface area contributed by atoms with Gasteiger partial charge in [-0.1, -0.05) is 6.07 Å². The van der Waals surface area contributed by atoms with Gasteiger partial charge in [0.1, 0.15) is 23.7 Å². The van der Waals surface area contributed by atoms with Crippen molar-refractivity contribution in [3.63, 3.8) is 0 Å². The number of methoxy groups -OCH3 is 1. The lowest BCUT2D eigenvalue weighted by Gasteiger charge is -2.21. The van der Waals surface area contributed by atoms with Gasteiger partial charge in [-0.05, 0) is 24.6 Å². The number of aryl methyl sites for hydroxylation is 1. The Hall–Kier alpha value is -2.30. The summed E-state index contributed by atoms with van der Waals surface area (Å²) in [6.07, 6.45) is 1.54. The minimum atomic E-state index is 0.781. The Balaban J connectivity index is 2.42. The molecular formula is C14H18N4O. The van der Waals surface area contributed by atoms with Gasteiger partial charge in [-0.15, -0.1) is 0 Å². The van der Waals surface area contributed by atoms with Crippen LogP contribution in [0.4, 0.5) is 17.3 Å². The van der Waals surface area contributed by atoms with Gasteiger partial charge < -0.3 is 15.0 Å². The summed E-state index contributed by atoms with van der Waals surface area (Å²) in [6.45, 7) is 2.05. The predicted molar refractivity (Wildman–Crippen MR) is 77.4 cm³/mol. The van der Waals surface area contributed by atoms with E-state index in [1.54, 1.807) is 13.4 Å². The zero-order chi connectivity index (χ0) is 13.8. The number of aromatic nitrogens is 2. The van der Waals surface area contributed by atoms with Crippen LogP contribution in [-0.4, -0.2) is 31.2 Å². The lowest BCUT2D eigenvalue weighted by molar-refractivity contribution is 0.415. The molecule has 19 heavy (non-hydrogen) atoms. The van der Waals surface area contributed by atoms with E-state index >= 15 is 0 Å². The van der Waals surface area contributed by atoms with Crippen molar-refractivity contribution in [2.45, 2.75) is 6.92 Å². The Morgan fingerprint density at radius 2 is 2.00 bits per heavy atom. The van der Waals surface area contributed by atoms with Crippen molar-refractivity contribution in [1.82, 2.24) is 9.97 Å². The van der Waals surface area contributed by atoms with Gasteiger partial charge in [-0.2, -0.15) is 0 Å². The monoisotopic (exact) mass is 258 g/mol. The maximum atomic E-state index is 5.40. The summed E-state index contributed by atoms with van der Waals surface area (Å²) in [5.74, 6) is 2.41. The molecule has 0 aliphatic carbocycles. The van der Waals surface area contributed by atoms with Crippen LogP contribution in [0.25, 0.3) is 0 Å². The first kappa shape index (κ1) is 13.1. The highest BCUT2D eigenvalue weighted by Crippen LogP contribution is 2.32. The third kappa shape index (κ3) is 2.76. The Morgan fingerprint density at radius 1 is 1.21 bits per heavy atom. The molecule has 0 radical (unpaired) electrons. The fraction of sp³-hybridized carbons (Fsp3) is 0.286. The zero-order valence-corrected chi connectivity index (χ0v) is 11.6. The van der Waals surface area contributed by atoms with Gasteiger partial charge in [0.05, 0.1) is 12.8 Å². The summed E-state index contributed by atoms with van der Waals surface area (Å²) in [6, 6.07) is 7.94. The van der Waals surface area contributed by atoms with Gasteiger partial charge >= 0.3 is 0 Å². The Bertz CT molecular complexity index is 571. The first-order valence-electron chi connectivity index (χ1n) is 6.04. The van der Waals surface area contributed by atoms with Crippen LogP contribution < -0.4 is 15.0 Å². The molecule has 1 aromatic heterocycles. The molecule has 2 rings (SSSR count). The van der Waals surface area contributed by atoms with Crippen molar-refractivity contribution in [2.24, 2.45) is 0 Å². The molecule has 0 amide bonds. The third-order valence-electron chi connectivity index (χ3n) is 2.95. The standard InChI is InChI=1S/C14H18N4O/c1-10-5-6-12(19-4)11(7-10)18(3)14-8-13(15-2)16-9-17-14/h5-9H,1-4H3,(H,15,16,17). The number of benzene rings is 1. The Morgan fingerprint density at radius 3 is 2.68 bits per heavy atom. The molecule has 0 spiro atoms. The average Bonchev–Trinajstić information content (AvgIpc) is 2.46. The Kier molecular flexibility index (Phi) is 3.85. The van der Waals surface area contributed by atoms with E-state index in [1.807, 2.05) is 37.2 Å². The molecule has 0 atom stereocenters. The molecule has 0 saturated heterocycles. The minimum Gasteiger partial charge on any atom is -0.495 e. The molecule has 0 fully saturated rings. The topological polar surface area (TPSA) is 50.3 Å². The second-order valence-electron chi connectivity index (χ2n) is 4.25. The van der Waals surface area contributed by atoms with E-state index < -0.39 is 0 Å². The molecule has 5 nitrogen and oxygen atoms in total. The lowest BCUT2D eigenvalue weighted by Crippen LogP contribution is -2.13. The number of rotatable bonds is 4. The molecule has 0 unspecified atom stereocenters.